The Kier molecular flexibility index (Phi) is 5.92. The monoisotopic (exact) mass is 413 g/mol. The van der Waals surface area contributed by atoms with Gasteiger partial charge in [-0.2, -0.15) is 0 Å². The van der Waals surface area contributed by atoms with E-state index in [2.05, 4.69) is 0 Å². The first-order valence-corrected chi connectivity index (χ1v) is 9.59. The highest BCUT2D eigenvalue weighted by atomic mass is 16.5. The fourth-order valence-electron chi connectivity index (χ4n) is 3.49. The summed E-state index contributed by atoms with van der Waals surface area (Å²) in [4.78, 5) is 25.8. The van der Waals surface area contributed by atoms with Crippen LogP contribution >= 0.6 is 0 Å². The molecule has 1 amide bonds. The fourth-order valence-corrected chi connectivity index (χ4v) is 3.49. The fraction of sp³-hybridized carbons (Fsp3) is 0.391. The maximum atomic E-state index is 12.5. The molecule has 0 atom stereocenters. The van der Waals surface area contributed by atoms with Crippen molar-refractivity contribution in [2.24, 2.45) is 5.41 Å². The molecule has 1 aliphatic heterocycles. The average Bonchev–Trinajstić information content (AvgIpc) is 3.10. The van der Waals surface area contributed by atoms with Crippen LogP contribution in [0.3, 0.4) is 0 Å². The SMILES string of the molecule is COc1ccc(-c2ccc3c(c2)COC3=O)c(OCC(C)(C)C(=O)N(C)C)c1OC. The lowest BCUT2D eigenvalue weighted by Gasteiger charge is -2.28. The van der Waals surface area contributed by atoms with Gasteiger partial charge in [-0.05, 0) is 43.7 Å². The number of ether oxygens (including phenoxy) is 4. The van der Waals surface area contributed by atoms with E-state index in [1.807, 2.05) is 32.0 Å². The normalized spacial score (nSPS) is 12.8. The highest BCUT2D eigenvalue weighted by molar-refractivity contribution is 5.94. The number of esters is 1. The topological polar surface area (TPSA) is 74.3 Å². The molecule has 0 spiro atoms. The molecule has 7 nitrogen and oxygen atoms in total. The lowest BCUT2D eigenvalue weighted by Crippen LogP contribution is -2.40. The molecule has 3 rings (SSSR count). The summed E-state index contributed by atoms with van der Waals surface area (Å²) in [6, 6.07) is 9.17. The van der Waals surface area contributed by atoms with Crippen molar-refractivity contribution in [3.05, 3.63) is 41.5 Å². The van der Waals surface area contributed by atoms with Crippen molar-refractivity contribution in [3.8, 4) is 28.4 Å². The van der Waals surface area contributed by atoms with Crippen molar-refractivity contribution in [2.45, 2.75) is 20.5 Å². The second-order valence-electron chi connectivity index (χ2n) is 8.00. The molecule has 1 heterocycles. The Labute approximate surface area is 176 Å². The van der Waals surface area contributed by atoms with Gasteiger partial charge in [0.15, 0.2) is 11.5 Å². The minimum absolute atomic E-state index is 0.0425. The summed E-state index contributed by atoms with van der Waals surface area (Å²) >= 11 is 0. The molecule has 160 valence electrons. The van der Waals surface area contributed by atoms with Crippen LogP contribution in [-0.2, 0) is 16.1 Å². The summed E-state index contributed by atoms with van der Waals surface area (Å²) in [5, 5.41) is 0. The predicted octanol–water partition coefficient (Wildman–Crippen LogP) is 3.53. The molecule has 0 bridgehead atoms. The third-order valence-corrected chi connectivity index (χ3v) is 5.06. The van der Waals surface area contributed by atoms with Crippen LogP contribution in [0.25, 0.3) is 11.1 Å². The van der Waals surface area contributed by atoms with Crippen LogP contribution in [0.2, 0.25) is 0 Å². The summed E-state index contributed by atoms with van der Waals surface area (Å²) in [6.45, 7) is 4.06. The van der Waals surface area contributed by atoms with Gasteiger partial charge in [-0.15, -0.1) is 0 Å². The second kappa shape index (κ2) is 8.26. The largest absolute Gasteiger partial charge is 0.493 e. The maximum absolute atomic E-state index is 12.5. The van der Waals surface area contributed by atoms with Crippen LogP contribution in [0.4, 0.5) is 0 Å². The van der Waals surface area contributed by atoms with Gasteiger partial charge in [-0.1, -0.05) is 6.07 Å². The van der Waals surface area contributed by atoms with E-state index in [0.717, 1.165) is 16.7 Å². The van der Waals surface area contributed by atoms with Crippen molar-refractivity contribution in [1.82, 2.24) is 4.90 Å². The lowest BCUT2D eigenvalue weighted by atomic mass is 9.93. The Morgan fingerprint density at radius 1 is 1.07 bits per heavy atom. The number of nitrogens with zero attached hydrogens (tertiary/aromatic N) is 1. The van der Waals surface area contributed by atoms with Crippen LogP contribution in [0.1, 0.15) is 29.8 Å². The smallest absolute Gasteiger partial charge is 0.338 e. The van der Waals surface area contributed by atoms with Crippen LogP contribution in [-0.4, -0.2) is 51.7 Å². The molecule has 0 aromatic heterocycles. The molecule has 0 fully saturated rings. The van der Waals surface area contributed by atoms with Crippen LogP contribution < -0.4 is 14.2 Å². The Bertz CT molecular complexity index is 980. The lowest BCUT2D eigenvalue weighted by molar-refractivity contribution is -0.139. The maximum Gasteiger partial charge on any atom is 0.338 e. The van der Waals surface area contributed by atoms with Crippen LogP contribution in [0.15, 0.2) is 30.3 Å². The molecule has 30 heavy (non-hydrogen) atoms. The van der Waals surface area contributed by atoms with E-state index in [-0.39, 0.29) is 25.1 Å². The van der Waals surface area contributed by atoms with E-state index in [1.165, 1.54) is 0 Å². The number of carbonyl (C=O) groups is 2. The van der Waals surface area contributed by atoms with E-state index in [9.17, 15) is 9.59 Å². The van der Waals surface area contributed by atoms with E-state index < -0.39 is 5.41 Å². The molecule has 0 saturated carbocycles. The molecule has 0 saturated heterocycles. The molecule has 1 aliphatic rings. The van der Waals surface area contributed by atoms with Crippen molar-refractivity contribution in [1.29, 1.82) is 0 Å². The average molecular weight is 413 g/mol. The Morgan fingerprint density at radius 3 is 2.40 bits per heavy atom. The third kappa shape index (κ3) is 3.92. The highest BCUT2D eigenvalue weighted by Gasteiger charge is 2.32. The summed E-state index contributed by atoms with van der Waals surface area (Å²) < 4.78 is 22.3. The zero-order valence-electron chi connectivity index (χ0n) is 18.2. The number of rotatable bonds is 7. The van der Waals surface area contributed by atoms with Gasteiger partial charge in [0.1, 0.15) is 13.2 Å². The molecule has 0 radical (unpaired) electrons. The Balaban J connectivity index is 2.04. The number of cyclic esters (lactones) is 1. The molecule has 7 heteroatoms. The Hall–Kier alpha value is -3.22. The van der Waals surface area contributed by atoms with Crippen molar-refractivity contribution in [3.63, 3.8) is 0 Å². The summed E-state index contributed by atoms with van der Waals surface area (Å²) in [5.74, 6) is 1.08. The first kappa shape index (κ1) is 21.5. The summed E-state index contributed by atoms with van der Waals surface area (Å²) in [7, 11) is 6.53. The first-order valence-electron chi connectivity index (χ1n) is 9.59. The van der Waals surface area contributed by atoms with Gasteiger partial charge in [-0.3, -0.25) is 4.79 Å². The molecule has 0 aliphatic carbocycles. The van der Waals surface area contributed by atoms with Crippen LogP contribution in [0.5, 0.6) is 17.2 Å². The van der Waals surface area contributed by atoms with E-state index in [0.29, 0.717) is 22.8 Å². The van der Waals surface area contributed by atoms with Gasteiger partial charge in [0.05, 0.1) is 25.2 Å². The minimum atomic E-state index is -0.743. The zero-order valence-corrected chi connectivity index (χ0v) is 18.2. The first-order chi connectivity index (χ1) is 14.2. The van der Waals surface area contributed by atoms with Gasteiger partial charge in [0.25, 0.3) is 0 Å². The predicted molar refractivity (Wildman–Crippen MR) is 112 cm³/mol. The number of methoxy groups -OCH3 is 2. The number of carbonyl (C=O) groups excluding carboxylic acids is 2. The number of benzene rings is 2. The number of fused-ring (bicyclic) bond motifs is 1. The van der Waals surface area contributed by atoms with E-state index in [4.69, 9.17) is 18.9 Å². The van der Waals surface area contributed by atoms with Gasteiger partial charge < -0.3 is 23.8 Å². The molecule has 2 aromatic rings. The number of hydrogen-bond acceptors (Lipinski definition) is 6. The van der Waals surface area contributed by atoms with Gasteiger partial charge in [0, 0.05) is 25.2 Å². The van der Waals surface area contributed by atoms with E-state index in [1.54, 1.807) is 45.3 Å². The Morgan fingerprint density at radius 2 is 1.77 bits per heavy atom. The van der Waals surface area contributed by atoms with Gasteiger partial charge in [-0.25, -0.2) is 4.79 Å². The zero-order chi connectivity index (χ0) is 22.1. The number of hydrogen-bond donors (Lipinski definition) is 0. The van der Waals surface area contributed by atoms with E-state index >= 15 is 0 Å². The number of amides is 1. The highest BCUT2D eigenvalue weighted by Crippen LogP contribution is 2.45. The standard InChI is InChI=1S/C23H27NO6/c1-23(2,22(26)24(3)4)13-30-19-16(9-10-18(27-5)20(19)28-6)14-7-8-17-15(11-14)12-29-21(17)25/h7-11H,12-13H2,1-6H3. The van der Waals surface area contributed by atoms with Gasteiger partial charge in [0.2, 0.25) is 11.7 Å². The van der Waals surface area contributed by atoms with Gasteiger partial charge >= 0.3 is 5.97 Å². The quantitative estimate of drug-likeness (QED) is 0.647. The molecular formula is C23H27NO6. The molecule has 2 aromatic carbocycles. The summed E-state index contributed by atoms with van der Waals surface area (Å²) in [6.07, 6.45) is 0. The van der Waals surface area contributed by atoms with Crippen LogP contribution in [0, 0.1) is 5.41 Å². The van der Waals surface area contributed by atoms with Crippen molar-refractivity contribution < 1.29 is 28.5 Å². The summed E-state index contributed by atoms with van der Waals surface area (Å²) in [5.41, 5.74) is 2.26. The second-order valence-corrected chi connectivity index (χ2v) is 8.00. The minimum Gasteiger partial charge on any atom is -0.493 e. The van der Waals surface area contributed by atoms with Crippen molar-refractivity contribution >= 4 is 11.9 Å². The molecular weight excluding hydrogens is 386 g/mol. The molecule has 0 N–H and O–H groups in total. The molecule has 0 unspecified atom stereocenters. The van der Waals surface area contributed by atoms with Crippen molar-refractivity contribution in [2.75, 3.05) is 34.9 Å². The third-order valence-electron chi connectivity index (χ3n) is 5.06.